The first-order chi connectivity index (χ1) is 12.7. The summed E-state index contributed by atoms with van der Waals surface area (Å²) in [5.74, 6) is -1.09. The molecule has 3 aromatic rings. The van der Waals surface area contributed by atoms with Crippen LogP contribution in [0, 0.1) is 6.92 Å². The fraction of sp³-hybridized carbons (Fsp3) is 0.286. The molecule has 3 rings (SSSR count). The molecule has 0 amide bonds. The van der Waals surface area contributed by atoms with Gasteiger partial charge in [-0.1, -0.05) is 35.9 Å². The number of carbonyl (C=O) groups is 1. The summed E-state index contributed by atoms with van der Waals surface area (Å²) in [6, 6.07) is 13.9. The van der Waals surface area contributed by atoms with E-state index in [-0.39, 0.29) is 11.3 Å². The summed E-state index contributed by atoms with van der Waals surface area (Å²) in [7, 11) is 1.68. The molecule has 1 heterocycles. The Morgan fingerprint density at radius 3 is 2.41 bits per heavy atom. The van der Waals surface area contributed by atoms with Crippen molar-refractivity contribution in [3.8, 4) is 11.1 Å². The predicted molar refractivity (Wildman–Crippen MR) is 104 cm³/mol. The van der Waals surface area contributed by atoms with Crippen LogP contribution in [0.1, 0.15) is 25.1 Å². The molecule has 0 fully saturated rings. The molecule has 0 spiro atoms. The van der Waals surface area contributed by atoms with Crippen LogP contribution >= 0.6 is 0 Å². The molecule has 0 radical (unpaired) electrons. The number of carboxylic acids is 1. The van der Waals surface area contributed by atoms with Crippen LogP contribution in [0.5, 0.6) is 0 Å². The fourth-order valence-electron chi connectivity index (χ4n) is 2.95. The van der Waals surface area contributed by atoms with Gasteiger partial charge in [0.1, 0.15) is 17.9 Å². The molecule has 140 valence electrons. The molecule has 0 bridgehead atoms. The first kappa shape index (κ1) is 18.8. The Bertz CT molecular complexity index is 1070. The predicted octanol–water partition coefficient (Wildman–Crippen LogP) is 3.25. The Kier molecular flexibility index (Phi) is 4.85. The first-order valence-electron chi connectivity index (χ1n) is 8.63. The Balaban J connectivity index is 2.10. The van der Waals surface area contributed by atoms with Gasteiger partial charge in [0.25, 0.3) is 5.56 Å². The van der Waals surface area contributed by atoms with Crippen molar-refractivity contribution in [2.24, 2.45) is 7.05 Å². The van der Waals surface area contributed by atoms with Gasteiger partial charge in [-0.25, -0.2) is 9.78 Å². The number of carboxylic acid groups (broad SMARTS) is 1. The van der Waals surface area contributed by atoms with Crippen LogP contribution in [0.25, 0.3) is 22.2 Å². The lowest BCUT2D eigenvalue weighted by atomic mass is 10.0. The highest BCUT2D eigenvalue weighted by Gasteiger charge is 2.29. The highest BCUT2D eigenvalue weighted by Crippen LogP contribution is 2.26. The summed E-state index contributed by atoms with van der Waals surface area (Å²) in [6.45, 7) is 4.83. The summed E-state index contributed by atoms with van der Waals surface area (Å²) in [6.07, 6.45) is 0. The molecule has 0 aliphatic rings. The SMILES string of the molecule is Cc1ccc(-c2ccc3nc(C(C)(C)OCC(=O)O)c(=O)n(C)c3c2)cc1. The maximum absolute atomic E-state index is 12.8. The van der Waals surface area contributed by atoms with E-state index in [0.29, 0.717) is 11.0 Å². The highest BCUT2D eigenvalue weighted by atomic mass is 16.5. The Hall–Kier alpha value is -2.99. The van der Waals surface area contributed by atoms with Crippen LogP contribution in [0.15, 0.2) is 47.3 Å². The van der Waals surface area contributed by atoms with Crippen molar-refractivity contribution < 1.29 is 14.6 Å². The maximum atomic E-state index is 12.8. The molecule has 0 aliphatic carbocycles. The third-order valence-electron chi connectivity index (χ3n) is 4.59. The van der Waals surface area contributed by atoms with Gasteiger partial charge in [-0.2, -0.15) is 0 Å². The number of fused-ring (bicyclic) bond motifs is 1. The van der Waals surface area contributed by atoms with Crippen molar-refractivity contribution in [3.63, 3.8) is 0 Å². The Labute approximate surface area is 157 Å². The van der Waals surface area contributed by atoms with Crippen LogP contribution in [0.3, 0.4) is 0 Å². The van der Waals surface area contributed by atoms with Gasteiger partial charge in [0, 0.05) is 7.05 Å². The minimum atomic E-state index is -1.11. The molecule has 0 saturated carbocycles. The van der Waals surface area contributed by atoms with E-state index in [9.17, 15) is 9.59 Å². The largest absolute Gasteiger partial charge is 0.480 e. The zero-order valence-corrected chi connectivity index (χ0v) is 15.8. The standard InChI is InChI=1S/C21H22N2O4/c1-13-5-7-14(8-6-13)15-9-10-16-17(11-15)23(4)20(26)19(22-16)21(2,3)27-12-18(24)25/h5-11H,12H2,1-4H3,(H,24,25). The number of aliphatic carboxylic acids is 1. The first-order valence-corrected chi connectivity index (χ1v) is 8.63. The summed E-state index contributed by atoms with van der Waals surface area (Å²) in [5, 5.41) is 8.85. The van der Waals surface area contributed by atoms with Crippen molar-refractivity contribution in [1.29, 1.82) is 0 Å². The molecule has 0 saturated heterocycles. The monoisotopic (exact) mass is 366 g/mol. The minimum Gasteiger partial charge on any atom is -0.480 e. The molecule has 0 aliphatic heterocycles. The number of aromatic nitrogens is 2. The zero-order valence-electron chi connectivity index (χ0n) is 15.8. The Morgan fingerprint density at radius 2 is 1.78 bits per heavy atom. The Morgan fingerprint density at radius 1 is 1.15 bits per heavy atom. The average molecular weight is 366 g/mol. The second-order valence-electron chi connectivity index (χ2n) is 7.09. The van der Waals surface area contributed by atoms with E-state index in [1.807, 2.05) is 49.4 Å². The highest BCUT2D eigenvalue weighted by molar-refractivity contribution is 5.82. The topological polar surface area (TPSA) is 81.4 Å². The van der Waals surface area contributed by atoms with Crippen LogP contribution in [-0.2, 0) is 22.2 Å². The van der Waals surface area contributed by atoms with E-state index >= 15 is 0 Å². The normalized spacial score (nSPS) is 11.7. The molecule has 1 N–H and O–H groups in total. The van der Waals surface area contributed by atoms with Crippen molar-refractivity contribution in [2.75, 3.05) is 6.61 Å². The van der Waals surface area contributed by atoms with Crippen LogP contribution in [0.2, 0.25) is 0 Å². The summed E-state index contributed by atoms with van der Waals surface area (Å²) in [5.41, 5.74) is 3.35. The van der Waals surface area contributed by atoms with Gasteiger partial charge in [-0.3, -0.25) is 4.79 Å². The number of rotatable bonds is 5. The average Bonchev–Trinajstić information content (AvgIpc) is 2.63. The zero-order chi connectivity index (χ0) is 19.8. The number of benzene rings is 2. The van der Waals surface area contributed by atoms with E-state index in [1.165, 1.54) is 10.1 Å². The van der Waals surface area contributed by atoms with Gasteiger partial charge in [-0.05, 0) is 44.0 Å². The smallest absolute Gasteiger partial charge is 0.329 e. The van der Waals surface area contributed by atoms with Gasteiger partial charge in [-0.15, -0.1) is 0 Å². The quantitative estimate of drug-likeness (QED) is 0.750. The lowest BCUT2D eigenvalue weighted by Crippen LogP contribution is -2.36. The van der Waals surface area contributed by atoms with Crippen molar-refractivity contribution >= 4 is 17.0 Å². The van der Waals surface area contributed by atoms with Gasteiger partial charge in [0.2, 0.25) is 0 Å². The molecule has 27 heavy (non-hydrogen) atoms. The van der Waals surface area contributed by atoms with Gasteiger partial charge < -0.3 is 14.4 Å². The van der Waals surface area contributed by atoms with Crippen molar-refractivity contribution in [3.05, 3.63) is 64.1 Å². The molecule has 6 nitrogen and oxygen atoms in total. The van der Waals surface area contributed by atoms with E-state index in [2.05, 4.69) is 4.98 Å². The molecule has 0 atom stereocenters. The van der Waals surface area contributed by atoms with E-state index in [0.717, 1.165) is 11.1 Å². The van der Waals surface area contributed by atoms with Crippen molar-refractivity contribution in [2.45, 2.75) is 26.4 Å². The minimum absolute atomic E-state index is 0.182. The molecular formula is C21H22N2O4. The van der Waals surface area contributed by atoms with E-state index in [1.54, 1.807) is 20.9 Å². The van der Waals surface area contributed by atoms with Crippen molar-refractivity contribution in [1.82, 2.24) is 9.55 Å². The number of nitrogens with zero attached hydrogens (tertiary/aromatic N) is 2. The van der Waals surface area contributed by atoms with Gasteiger partial charge in [0.15, 0.2) is 0 Å². The third kappa shape index (κ3) is 3.75. The van der Waals surface area contributed by atoms with Crippen LogP contribution in [0.4, 0.5) is 0 Å². The maximum Gasteiger partial charge on any atom is 0.329 e. The van der Waals surface area contributed by atoms with E-state index in [4.69, 9.17) is 9.84 Å². The second-order valence-corrected chi connectivity index (χ2v) is 7.09. The van der Waals surface area contributed by atoms with Crippen LogP contribution < -0.4 is 5.56 Å². The lowest BCUT2D eigenvalue weighted by molar-refractivity contribution is -0.148. The molecular weight excluding hydrogens is 344 g/mol. The number of ether oxygens (including phenoxy) is 1. The second kappa shape index (κ2) is 6.96. The summed E-state index contributed by atoms with van der Waals surface area (Å²) < 4.78 is 6.92. The number of aryl methyl sites for hydroxylation is 2. The molecule has 1 aromatic heterocycles. The number of hydrogen-bond donors (Lipinski definition) is 1. The summed E-state index contributed by atoms with van der Waals surface area (Å²) in [4.78, 5) is 28.1. The van der Waals surface area contributed by atoms with Crippen LogP contribution in [-0.4, -0.2) is 27.2 Å². The van der Waals surface area contributed by atoms with Gasteiger partial charge in [0.05, 0.1) is 11.0 Å². The third-order valence-corrected chi connectivity index (χ3v) is 4.59. The molecule has 0 unspecified atom stereocenters. The number of hydrogen-bond acceptors (Lipinski definition) is 4. The molecule has 2 aromatic carbocycles. The lowest BCUT2D eigenvalue weighted by Gasteiger charge is -2.24. The summed E-state index contributed by atoms with van der Waals surface area (Å²) >= 11 is 0. The fourth-order valence-corrected chi connectivity index (χ4v) is 2.95. The van der Waals surface area contributed by atoms with E-state index < -0.39 is 18.2 Å². The molecule has 6 heteroatoms. The van der Waals surface area contributed by atoms with Gasteiger partial charge >= 0.3 is 5.97 Å².